The van der Waals surface area contributed by atoms with Crippen LogP contribution in [-0.4, -0.2) is 32.7 Å². The zero-order valence-electron chi connectivity index (χ0n) is 18.1. The maximum Gasteiger partial charge on any atom is 0.338 e. The van der Waals surface area contributed by atoms with Crippen molar-refractivity contribution in [3.8, 4) is 23.0 Å². The molecule has 0 saturated carbocycles. The van der Waals surface area contributed by atoms with Crippen LogP contribution < -0.4 is 19.1 Å². The minimum Gasteiger partial charge on any atom is -0.496 e. The van der Waals surface area contributed by atoms with Crippen LogP contribution in [0.5, 0.6) is 23.0 Å². The Bertz CT molecular complexity index is 1170. The van der Waals surface area contributed by atoms with E-state index < -0.39 is 5.97 Å². The van der Waals surface area contributed by atoms with Gasteiger partial charge in [0.15, 0.2) is 17.2 Å². The van der Waals surface area contributed by atoms with Crippen molar-refractivity contribution in [2.75, 3.05) is 25.7 Å². The molecule has 1 aliphatic rings. The molecule has 0 unspecified atom stereocenters. The van der Waals surface area contributed by atoms with Crippen molar-refractivity contribution >= 4 is 17.6 Å². The minimum absolute atomic E-state index is 0.211. The number of hydrogen-bond acceptors (Lipinski definition) is 6. The van der Waals surface area contributed by atoms with Gasteiger partial charge in [0.2, 0.25) is 0 Å². The predicted molar refractivity (Wildman–Crippen MR) is 119 cm³/mol. The van der Waals surface area contributed by atoms with Gasteiger partial charge in [-0.1, -0.05) is 24.3 Å². The third-order valence-electron chi connectivity index (χ3n) is 5.16. The van der Waals surface area contributed by atoms with Crippen LogP contribution >= 0.6 is 0 Å². The highest BCUT2D eigenvalue weighted by atomic mass is 16.5. The molecular weight excluding hydrogens is 410 g/mol. The highest BCUT2D eigenvalue weighted by Crippen LogP contribution is 2.44. The lowest BCUT2D eigenvalue weighted by molar-refractivity contribution is 0.0526. The van der Waals surface area contributed by atoms with Gasteiger partial charge in [-0.3, -0.25) is 4.79 Å². The van der Waals surface area contributed by atoms with E-state index in [1.807, 2.05) is 12.1 Å². The van der Waals surface area contributed by atoms with Crippen molar-refractivity contribution in [2.45, 2.75) is 13.5 Å². The summed E-state index contributed by atoms with van der Waals surface area (Å²) in [6, 6.07) is 17.4. The molecule has 164 valence electrons. The molecule has 0 atom stereocenters. The molecule has 0 saturated heterocycles. The van der Waals surface area contributed by atoms with E-state index >= 15 is 0 Å². The van der Waals surface area contributed by atoms with E-state index in [1.165, 1.54) is 7.11 Å². The summed E-state index contributed by atoms with van der Waals surface area (Å²) in [5, 5.41) is 0. The van der Waals surface area contributed by atoms with Crippen LogP contribution in [0.25, 0.3) is 0 Å². The topological polar surface area (TPSA) is 74.3 Å². The van der Waals surface area contributed by atoms with Gasteiger partial charge in [0.1, 0.15) is 5.75 Å². The van der Waals surface area contributed by atoms with Crippen LogP contribution in [0.15, 0.2) is 60.7 Å². The van der Waals surface area contributed by atoms with Crippen LogP contribution in [0.4, 0.5) is 5.69 Å². The number of carbonyl (C=O) groups excluding carboxylic acids is 2. The lowest BCUT2D eigenvalue weighted by Crippen LogP contribution is -2.30. The number of fused-ring (bicyclic) bond motifs is 2. The summed E-state index contributed by atoms with van der Waals surface area (Å²) in [7, 11) is 3.08. The fourth-order valence-corrected chi connectivity index (χ4v) is 3.63. The first kappa shape index (κ1) is 21.2. The van der Waals surface area contributed by atoms with E-state index in [-0.39, 0.29) is 19.1 Å². The second-order valence-corrected chi connectivity index (χ2v) is 7.05. The van der Waals surface area contributed by atoms with E-state index in [9.17, 15) is 9.59 Å². The quantitative estimate of drug-likeness (QED) is 0.537. The minimum atomic E-state index is -0.473. The standard InChI is InChI=1S/C25H23NO6/c1-4-31-25(28)16-12-13-21-19(14-16)26(24(27)18-9-5-6-10-20(18)29-2)15-17-8-7-11-22(30-3)23(17)32-21/h5-14H,4,15H2,1-3H3. The Morgan fingerprint density at radius 2 is 1.72 bits per heavy atom. The number of methoxy groups -OCH3 is 2. The Morgan fingerprint density at radius 1 is 0.969 bits per heavy atom. The number of benzene rings is 3. The van der Waals surface area contributed by atoms with Crippen LogP contribution in [0.2, 0.25) is 0 Å². The van der Waals surface area contributed by atoms with Crippen molar-refractivity contribution in [3.05, 3.63) is 77.4 Å². The van der Waals surface area contributed by atoms with Crippen molar-refractivity contribution in [3.63, 3.8) is 0 Å². The monoisotopic (exact) mass is 433 g/mol. The molecule has 7 nitrogen and oxygen atoms in total. The maximum atomic E-state index is 13.7. The molecule has 0 aliphatic carbocycles. The Hall–Kier alpha value is -4.00. The maximum absolute atomic E-state index is 13.7. The van der Waals surface area contributed by atoms with E-state index in [4.69, 9.17) is 18.9 Å². The number of nitrogens with zero attached hydrogens (tertiary/aromatic N) is 1. The van der Waals surface area contributed by atoms with Gasteiger partial charge in [0, 0.05) is 5.56 Å². The number of para-hydroxylation sites is 2. The molecule has 0 aromatic heterocycles. The van der Waals surface area contributed by atoms with Crippen LogP contribution in [0, 0.1) is 0 Å². The first-order valence-corrected chi connectivity index (χ1v) is 10.2. The van der Waals surface area contributed by atoms with Crippen LogP contribution in [0.3, 0.4) is 0 Å². The van der Waals surface area contributed by atoms with Gasteiger partial charge in [-0.05, 0) is 43.3 Å². The highest BCUT2D eigenvalue weighted by molar-refractivity contribution is 6.09. The Balaban J connectivity index is 1.88. The molecule has 1 heterocycles. The Labute approximate surface area is 186 Å². The second-order valence-electron chi connectivity index (χ2n) is 7.05. The Kier molecular flexibility index (Phi) is 5.98. The molecule has 3 aromatic rings. The smallest absolute Gasteiger partial charge is 0.338 e. The molecule has 7 heteroatoms. The molecular formula is C25H23NO6. The third-order valence-corrected chi connectivity index (χ3v) is 5.16. The normalized spacial score (nSPS) is 12.0. The Morgan fingerprint density at radius 3 is 2.47 bits per heavy atom. The zero-order valence-corrected chi connectivity index (χ0v) is 18.1. The summed E-state index contributed by atoms with van der Waals surface area (Å²) in [6.45, 7) is 2.20. The molecule has 0 spiro atoms. The number of anilines is 1. The van der Waals surface area contributed by atoms with E-state index in [0.29, 0.717) is 39.8 Å². The average molecular weight is 433 g/mol. The number of rotatable bonds is 5. The van der Waals surface area contributed by atoms with Crippen molar-refractivity contribution in [1.82, 2.24) is 0 Å². The molecule has 1 amide bonds. The predicted octanol–water partition coefficient (Wildman–Crippen LogP) is 4.83. The fraction of sp³-hybridized carbons (Fsp3) is 0.200. The van der Waals surface area contributed by atoms with Crippen molar-refractivity contribution in [2.24, 2.45) is 0 Å². The fourth-order valence-electron chi connectivity index (χ4n) is 3.63. The summed E-state index contributed by atoms with van der Waals surface area (Å²) in [4.78, 5) is 27.7. The first-order valence-electron chi connectivity index (χ1n) is 10.2. The summed E-state index contributed by atoms with van der Waals surface area (Å²) in [6.07, 6.45) is 0. The van der Waals surface area contributed by atoms with Crippen LogP contribution in [-0.2, 0) is 11.3 Å². The van der Waals surface area contributed by atoms with Gasteiger partial charge in [-0.15, -0.1) is 0 Å². The second kappa shape index (κ2) is 9.01. The number of hydrogen-bond donors (Lipinski definition) is 0. The number of carbonyl (C=O) groups is 2. The zero-order chi connectivity index (χ0) is 22.7. The van der Waals surface area contributed by atoms with Gasteiger partial charge in [0.05, 0.1) is 44.2 Å². The van der Waals surface area contributed by atoms with Crippen molar-refractivity contribution in [1.29, 1.82) is 0 Å². The number of ether oxygens (including phenoxy) is 4. The van der Waals surface area contributed by atoms with E-state index in [1.54, 1.807) is 67.5 Å². The van der Waals surface area contributed by atoms with Crippen LogP contribution in [0.1, 0.15) is 33.2 Å². The van der Waals surface area contributed by atoms with Crippen molar-refractivity contribution < 1.29 is 28.5 Å². The average Bonchev–Trinajstić information content (AvgIpc) is 2.99. The third kappa shape index (κ3) is 3.85. The molecule has 0 radical (unpaired) electrons. The molecule has 1 aliphatic heterocycles. The van der Waals surface area contributed by atoms with E-state index in [2.05, 4.69) is 0 Å². The van der Waals surface area contributed by atoms with Gasteiger partial charge in [-0.25, -0.2) is 4.79 Å². The largest absolute Gasteiger partial charge is 0.496 e. The summed E-state index contributed by atoms with van der Waals surface area (Å²) >= 11 is 0. The molecule has 3 aromatic carbocycles. The van der Waals surface area contributed by atoms with Gasteiger partial charge in [0.25, 0.3) is 5.91 Å². The molecule has 32 heavy (non-hydrogen) atoms. The SMILES string of the molecule is CCOC(=O)c1ccc2c(c1)N(C(=O)c1ccccc1OC)Cc1cccc(OC)c1O2. The van der Waals surface area contributed by atoms with Gasteiger partial charge < -0.3 is 23.8 Å². The lowest BCUT2D eigenvalue weighted by atomic mass is 10.1. The summed E-state index contributed by atoms with van der Waals surface area (Å²) < 4.78 is 22.2. The number of amides is 1. The lowest BCUT2D eigenvalue weighted by Gasteiger charge is -2.23. The van der Waals surface area contributed by atoms with Gasteiger partial charge in [-0.2, -0.15) is 0 Å². The first-order chi connectivity index (χ1) is 15.6. The number of esters is 1. The molecule has 4 rings (SSSR count). The summed E-state index contributed by atoms with van der Waals surface area (Å²) in [5.74, 6) is 1.19. The van der Waals surface area contributed by atoms with Gasteiger partial charge >= 0.3 is 5.97 Å². The molecule has 0 N–H and O–H groups in total. The summed E-state index contributed by atoms with van der Waals surface area (Å²) in [5.41, 5.74) is 1.94. The highest BCUT2D eigenvalue weighted by Gasteiger charge is 2.30. The van der Waals surface area contributed by atoms with E-state index in [0.717, 1.165) is 5.56 Å². The molecule has 0 bridgehead atoms. The molecule has 0 fully saturated rings.